The Bertz CT molecular complexity index is 2790. The molecule has 0 saturated heterocycles. The predicted molar refractivity (Wildman–Crippen MR) is 205 cm³/mol. The van der Waals surface area contributed by atoms with Crippen LogP contribution >= 0.6 is 7.14 Å². The summed E-state index contributed by atoms with van der Waals surface area (Å²) in [4.78, 5) is 4.81. The van der Waals surface area contributed by atoms with E-state index in [1.54, 1.807) is 0 Å². The van der Waals surface area contributed by atoms with E-state index in [9.17, 15) is 0 Å². The van der Waals surface area contributed by atoms with Gasteiger partial charge in [0.2, 0.25) is 0 Å². The monoisotopic (exact) mass is 644 g/mol. The van der Waals surface area contributed by atoms with Crippen molar-refractivity contribution in [2.45, 2.75) is 0 Å². The highest BCUT2D eigenvalue weighted by Gasteiger charge is 2.39. The zero-order chi connectivity index (χ0) is 32.5. The Morgan fingerprint density at radius 2 is 1.04 bits per heavy atom. The second-order valence-corrected chi connectivity index (χ2v) is 15.4. The van der Waals surface area contributed by atoms with E-state index in [0.29, 0.717) is 0 Å². The van der Waals surface area contributed by atoms with Gasteiger partial charge in [-0.25, -0.2) is 4.98 Å². The van der Waals surface area contributed by atoms with E-state index in [2.05, 4.69) is 120 Å². The maximum absolute atomic E-state index is 15.7. The molecule has 0 radical (unpaired) electrons. The van der Waals surface area contributed by atoms with E-state index in [-0.39, 0.29) is 0 Å². The summed E-state index contributed by atoms with van der Waals surface area (Å²) in [5.74, 6) is 0. The van der Waals surface area contributed by atoms with Crippen LogP contribution in [0.4, 0.5) is 0 Å². The first-order valence-electron chi connectivity index (χ1n) is 16.6. The van der Waals surface area contributed by atoms with E-state index in [1.807, 2.05) is 60.9 Å². The average molecular weight is 645 g/mol. The largest absolute Gasteiger partial charge is 0.308 e. The van der Waals surface area contributed by atoms with E-state index in [4.69, 9.17) is 4.98 Å². The van der Waals surface area contributed by atoms with Crippen LogP contribution in [0.5, 0.6) is 0 Å². The highest BCUT2D eigenvalue weighted by molar-refractivity contribution is 7.86. The van der Waals surface area contributed by atoms with Gasteiger partial charge >= 0.3 is 0 Å². The fourth-order valence-electron chi connectivity index (χ4n) is 7.97. The van der Waals surface area contributed by atoms with Crippen LogP contribution in [0.3, 0.4) is 0 Å². The molecule has 4 heteroatoms. The molecule has 49 heavy (non-hydrogen) atoms. The van der Waals surface area contributed by atoms with Crippen molar-refractivity contribution in [3.63, 3.8) is 0 Å². The van der Waals surface area contributed by atoms with E-state index >= 15 is 4.57 Å². The zero-order valence-electron chi connectivity index (χ0n) is 26.5. The first kappa shape index (κ1) is 28.0. The molecule has 0 N–H and O–H groups in total. The van der Waals surface area contributed by atoms with Gasteiger partial charge in [0.05, 0.1) is 16.7 Å². The van der Waals surface area contributed by atoms with Gasteiger partial charge in [-0.1, -0.05) is 146 Å². The van der Waals surface area contributed by atoms with Crippen LogP contribution in [0.25, 0.3) is 71.6 Å². The summed E-state index contributed by atoms with van der Waals surface area (Å²) in [5.41, 5.74) is 9.59. The molecule has 1 unspecified atom stereocenters. The van der Waals surface area contributed by atoms with Gasteiger partial charge in [0, 0.05) is 21.5 Å². The van der Waals surface area contributed by atoms with Crippen LogP contribution in [0.1, 0.15) is 0 Å². The molecule has 230 valence electrons. The molecule has 0 aliphatic carbocycles. The lowest BCUT2D eigenvalue weighted by molar-refractivity contribution is 0.592. The van der Waals surface area contributed by atoms with E-state index < -0.39 is 7.14 Å². The molecule has 0 saturated carbocycles. The van der Waals surface area contributed by atoms with Gasteiger partial charge in [-0.15, -0.1) is 0 Å². The topological polar surface area (TPSA) is 34.9 Å². The molecule has 3 nitrogen and oxygen atoms in total. The number of rotatable bonds is 4. The number of aromatic nitrogens is 2. The van der Waals surface area contributed by atoms with Gasteiger partial charge in [0.25, 0.3) is 0 Å². The van der Waals surface area contributed by atoms with Gasteiger partial charge in [-0.3, -0.25) is 4.57 Å². The number of benzene rings is 8. The molecule has 0 bridgehead atoms. The first-order chi connectivity index (χ1) is 24.2. The summed E-state index contributed by atoms with van der Waals surface area (Å²) in [5, 5.41) is 7.32. The number of nitrogens with zero attached hydrogens (tertiary/aromatic N) is 2. The summed E-state index contributed by atoms with van der Waals surface area (Å²) >= 11 is 0. The van der Waals surface area contributed by atoms with Crippen molar-refractivity contribution in [3.8, 4) is 39.1 Å². The van der Waals surface area contributed by atoms with Crippen molar-refractivity contribution in [1.82, 2.24) is 9.55 Å². The normalized spacial score (nSPS) is 15.1. The first-order valence-corrected chi connectivity index (χ1v) is 18.3. The Labute approximate surface area is 284 Å². The van der Waals surface area contributed by atoms with Crippen LogP contribution in [-0.4, -0.2) is 9.55 Å². The van der Waals surface area contributed by atoms with Crippen LogP contribution < -0.4 is 15.9 Å². The second kappa shape index (κ2) is 10.8. The van der Waals surface area contributed by atoms with Crippen molar-refractivity contribution in [2.24, 2.45) is 0 Å². The van der Waals surface area contributed by atoms with Gasteiger partial charge in [-0.2, -0.15) is 0 Å². The number of para-hydroxylation sites is 2. The maximum Gasteiger partial charge on any atom is 0.175 e. The highest BCUT2D eigenvalue weighted by atomic mass is 31.2. The number of fused-ring (bicyclic) bond motifs is 4. The summed E-state index contributed by atoms with van der Waals surface area (Å²) < 4.78 is 17.9. The molecule has 8 aromatic carbocycles. The van der Waals surface area contributed by atoms with Crippen LogP contribution in [0.15, 0.2) is 176 Å². The third kappa shape index (κ3) is 4.03. The molecule has 10 rings (SSSR count). The molecule has 2 heterocycles. The molecular formula is C45H29N2OP. The Kier molecular flexibility index (Phi) is 6.15. The van der Waals surface area contributed by atoms with Crippen molar-refractivity contribution in [1.29, 1.82) is 0 Å². The van der Waals surface area contributed by atoms with Gasteiger partial charge in [0.1, 0.15) is 6.33 Å². The molecule has 1 aliphatic heterocycles. The van der Waals surface area contributed by atoms with Crippen LogP contribution in [0.2, 0.25) is 0 Å². The molecule has 0 fully saturated rings. The predicted octanol–water partition coefficient (Wildman–Crippen LogP) is 10.3. The Hall–Kier alpha value is -6.02. The van der Waals surface area contributed by atoms with Gasteiger partial charge in [-0.05, 0) is 73.6 Å². The molecule has 1 atom stereocenters. The SMILES string of the molecule is O=P1(c2ccccc2)c2cccc(-c3ccc4c(-c5ccccc5)c5ccccc5c(-c5ccccc5)c4c3)c2-n2cnc3cccc1c32. The molecule has 9 aromatic rings. The van der Waals surface area contributed by atoms with Gasteiger partial charge < -0.3 is 4.57 Å². The summed E-state index contributed by atoms with van der Waals surface area (Å²) in [6.45, 7) is 0. The lowest BCUT2D eigenvalue weighted by Gasteiger charge is -2.30. The molecule has 1 aromatic heterocycles. The molecule has 0 spiro atoms. The van der Waals surface area contributed by atoms with E-state index in [1.165, 1.54) is 43.8 Å². The van der Waals surface area contributed by atoms with E-state index in [0.717, 1.165) is 43.8 Å². The fraction of sp³-hybridized carbons (Fsp3) is 0. The summed E-state index contributed by atoms with van der Waals surface area (Å²) in [6.07, 6.45) is 1.89. The smallest absolute Gasteiger partial charge is 0.175 e. The Morgan fingerprint density at radius 3 is 1.73 bits per heavy atom. The standard InChI is InChI=1S/C45H29N2OP/c48-49(33-18-8-3-9-19-33)40-24-12-22-34(44(40)47-29-46-39-23-13-25-41(49)45(39)47)32-26-27-37-38(28-32)43(31-16-6-2-7-17-31)36-21-11-10-20-35(36)42(37)30-14-4-1-5-15-30/h1-29H. The second-order valence-electron chi connectivity index (χ2n) is 12.7. The van der Waals surface area contributed by atoms with Crippen LogP contribution in [-0.2, 0) is 4.57 Å². The molecular weight excluding hydrogens is 615 g/mol. The minimum atomic E-state index is -3.22. The van der Waals surface area contributed by atoms with Crippen LogP contribution in [0, 0.1) is 0 Å². The minimum Gasteiger partial charge on any atom is -0.308 e. The maximum atomic E-state index is 15.7. The van der Waals surface area contributed by atoms with Crippen molar-refractivity contribution in [3.05, 3.63) is 176 Å². The third-order valence-electron chi connectivity index (χ3n) is 10.1. The highest BCUT2D eigenvalue weighted by Crippen LogP contribution is 2.51. The lowest BCUT2D eigenvalue weighted by atomic mass is 9.85. The quantitative estimate of drug-likeness (QED) is 0.141. The Balaban J connectivity index is 1.32. The summed E-state index contributed by atoms with van der Waals surface area (Å²) in [7, 11) is -3.22. The van der Waals surface area contributed by atoms with Crippen molar-refractivity contribution >= 4 is 55.6 Å². The lowest BCUT2D eigenvalue weighted by Crippen LogP contribution is -2.33. The third-order valence-corrected chi connectivity index (χ3v) is 13.2. The number of hydrogen-bond donors (Lipinski definition) is 0. The van der Waals surface area contributed by atoms with Crippen molar-refractivity contribution in [2.75, 3.05) is 0 Å². The molecule has 0 amide bonds. The average Bonchev–Trinajstić information content (AvgIpc) is 3.61. The van der Waals surface area contributed by atoms with Crippen molar-refractivity contribution < 1.29 is 4.57 Å². The fourth-order valence-corrected chi connectivity index (χ4v) is 11.0. The zero-order valence-corrected chi connectivity index (χ0v) is 27.4. The number of imidazole rings is 1. The number of hydrogen-bond acceptors (Lipinski definition) is 2. The molecule has 1 aliphatic rings. The minimum absolute atomic E-state index is 0.831. The van der Waals surface area contributed by atoms with Gasteiger partial charge in [0.15, 0.2) is 7.14 Å². The Morgan fingerprint density at radius 1 is 0.469 bits per heavy atom. The summed E-state index contributed by atoms with van der Waals surface area (Å²) in [6, 6.07) is 59.2.